The minimum absolute atomic E-state index is 0.654. The fraction of sp³-hybridized carbons (Fsp3) is 0.182. The van der Waals surface area contributed by atoms with Gasteiger partial charge in [0.25, 0.3) is 0 Å². The van der Waals surface area contributed by atoms with E-state index in [2.05, 4.69) is 12.1 Å². The lowest BCUT2D eigenvalue weighted by atomic mass is 9.90. The van der Waals surface area contributed by atoms with Crippen LogP contribution in [0.25, 0.3) is 5.57 Å². The van der Waals surface area contributed by atoms with Crippen molar-refractivity contribution in [1.29, 1.82) is 5.26 Å². The van der Waals surface area contributed by atoms with Gasteiger partial charge in [0.2, 0.25) is 0 Å². The average Bonchev–Trinajstić information content (AvgIpc) is 2.18. The predicted molar refractivity (Wildman–Crippen MR) is 51.5 cm³/mol. The van der Waals surface area contributed by atoms with Crippen LogP contribution in [0.1, 0.15) is 17.5 Å². The molecule has 0 atom stereocenters. The van der Waals surface area contributed by atoms with Gasteiger partial charge in [0.15, 0.2) is 0 Å². The molecule has 0 spiro atoms. The van der Waals surface area contributed by atoms with E-state index in [1.165, 1.54) is 5.56 Å². The number of rotatable bonds is 0. The van der Waals surface area contributed by atoms with Crippen molar-refractivity contribution in [2.24, 2.45) is 5.73 Å². The molecule has 2 heteroatoms. The monoisotopic (exact) mass is 170 g/mol. The van der Waals surface area contributed by atoms with Gasteiger partial charge in [0.1, 0.15) is 6.07 Å². The molecule has 1 aromatic carbocycles. The minimum Gasteiger partial charge on any atom is -0.401 e. The van der Waals surface area contributed by atoms with Crippen molar-refractivity contribution in [1.82, 2.24) is 0 Å². The summed E-state index contributed by atoms with van der Waals surface area (Å²) in [5.41, 5.74) is 9.38. The Kier molecular flexibility index (Phi) is 1.79. The number of nitriles is 1. The maximum atomic E-state index is 8.92. The van der Waals surface area contributed by atoms with Crippen molar-refractivity contribution >= 4 is 5.57 Å². The molecule has 1 aliphatic carbocycles. The van der Waals surface area contributed by atoms with Crippen LogP contribution in [0.4, 0.5) is 0 Å². The summed E-state index contributed by atoms with van der Waals surface area (Å²) >= 11 is 0. The molecule has 0 bridgehead atoms. The fourth-order valence-corrected chi connectivity index (χ4v) is 1.68. The van der Waals surface area contributed by atoms with Gasteiger partial charge in [-0.25, -0.2) is 0 Å². The second-order valence-corrected chi connectivity index (χ2v) is 3.17. The van der Waals surface area contributed by atoms with Crippen LogP contribution in [0.15, 0.2) is 30.0 Å². The van der Waals surface area contributed by atoms with Crippen LogP contribution >= 0.6 is 0 Å². The zero-order valence-corrected chi connectivity index (χ0v) is 7.25. The Bertz CT molecular complexity index is 410. The largest absolute Gasteiger partial charge is 0.401 e. The zero-order valence-electron chi connectivity index (χ0n) is 7.25. The highest BCUT2D eigenvalue weighted by molar-refractivity contribution is 5.81. The number of hydrogen-bond donors (Lipinski definition) is 1. The van der Waals surface area contributed by atoms with E-state index >= 15 is 0 Å². The number of allylic oxidation sites excluding steroid dienone is 2. The topological polar surface area (TPSA) is 49.8 Å². The summed E-state index contributed by atoms with van der Waals surface area (Å²) in [7, 11) is 0. The smallest absolute Gasteiger partial charge is 0.102 e. The van der Waals surface area contributed by atoms with Gasteiger partial charge in [-0.15, -0.1) is 0 Å². The lowest BCUT2D eigenvalue weighted by Crippen LogP contribution is -2.09. The van der Waals surface area contributed by atoms with Crippen LogP contribution in [0.2, 0.25) is 0 Å². The van der Waals surface area contributed by atoms with E-state index in [0.717, 1.165) is 24.1 Å². The van der Waals surface area contributed by atoms with Crippen molar-refractivity contribution in [3.8, 4) is 6.07 Å². The van der Waals surface area contributed by atoms with Crippen LogP contribution in [0, 0.1) is 11.3 Å². The molecule has 0 aromatic heterocycles. The third-order valence-corrected chi connectivity index (χ3v) is 2.38. The second-order valence-electron chi connectivity index (χ2n) is 3.17. The zero-order chi connectivity index (χ0) is 9.26. The van der Waals surface area contributed by atoms with Gasteiger partial charge in [-0.05, 0) is 24.0 Å². The van der Waals surface area contributed by atoms with Gasteiger partial charge in [-0.1, -0.05) is 24.3 Å². The SMILES string of the molecule is N#CC1=C(N)CCc2ccccc21. The first-order valence-electron chi connectivity index (χ1n) is 4.30. The first kappa shape index (κ1) is 7.88. The molecule has 2 nitrogen and oxygen atoms in total. The highest BCUT2D eigenvalue weighted by Crippen LogP contribution is 2.27. The van der Waals surface area contributed by atoms with Gasteiger partial charge < -0.3 is 5.73 Å². The number of fused-ring (bicyclic) bond motifs is 1. The van der Waals surface area contributed by atoms with Crippen LogP contribution in [-0.4, -0.2) is 0 Å². The summed E-state index contributed by atoms with van der Waals surface area (Å²) in [4.78, 5) is 0. The fourth-order valence-electron chi connectivity index (χ4n) is 1.68. The summed E-state index contributed by atoms with van der Waals surface area (Å²) in [6, 6.07) is 10.1. The summed E-state index contributed by atoms with van der Waals surface area (Å²) in [6.45, 7) is 0. The molecule has 0 unspecified atom stereocenters. The number of nitrogens with two attached hydrogens (primary N) is 1. The molecule has 2 N–H and O–H groups in total. The molecule has 0 aliphatic heterocycles. The van der Waals surface area contributed by atoms with Gasteiger partial charge in [0.05, 0.1) is 5.57 Å². The Morgan fingerprint density at radius 2 is 2.00 bits per heavy atom. The van der Waals surface area contributed by atoms with Gasteiger partial charge >= 0.3 is 0 Å². The van der Waals surface area contributed by atoms with E-state index in [9.17, 15) is 0 Å². The molecule has 0 radical (unpaired) electrons. The number of aryl methyl sites for hydroxylation is 1. The van der Waals surface area contributed by atoms with Crippen molar-refractivity contribution in [3.63, 3.8) is 0 Å². The molecule has 1 aliphatic rings. The minimum atomic E-state index is 0.654. The third-order valence-electron chi connectivity index (χ3n) is 2.38. The lowest BCUT2D eigenvalue weighted by molar-refractivity contribution is 0.907. The van der Waals surface area contributed by atoms with Gasteiger partial charge in [-0.3, -0.25) is 0 Å². The Morgan fingerprint density at radius 3 is 2.77 bits per heavy atom. The Balaban J connectivity index is 2.63. The van der Waals surface area contributed by atoms with E-state index in [0.29, 0.717) is 5.57 Å². The van der Waals surface area contributed by atoms with Crippen molar-refractivity contribution < 1.29 is 0 Å². The predicted octanol–water partition coefficient (Wildman–Crippen LogP) is 1.83. The highest BCUT2D eigenvalue weighted by Gasteiger charge is 2.15. The number of hydrogen-bond acceptors (Lipinski definition) is 2. The molecule has 0 saturated carbocycles. The molecule has 64 valence electrons. The first-order valence-corrected chi connectivity index (χ1v) is 4.30. The van der Waals surface area contributed by atoms with E-state index in [1.54, 1.807) is 0 Å². The van der Waals surface area contributed by atoms with Crippen molar-refractivity contribution in [2.75, 3.05) is 0 Å². The van der Waals surface area contributed by atoms with E-state index < -0.39 is 0 Å². The summed E-state index contributed by atoms with van der Waals surface area (Å²) in [6.07, 6.45) is 1.76. The van der Waals surface area contributed by atoms with Crippen LogP contribution in [0.3, 0.4) is 0 Å². The van der Waals surface area contributed by atoms with E-state index in [1.807, 2.05) is 18.2 Å². The molecule has 0 saturated heterocycles. The van der Waals surface area contributed by atoms with Crippen LogP contribution in [-0.2, 0) is 6.42 Å². The Labute approximate surface area is 77.3 Å². The van der Waals surface area contributed by atoms with E-state index in [4.69, 9.17) is 11.0 Å². The van der Waals surface area contributed by atoms with Crippen molar-refractivity contribution in [3.05, 3.63) is 41.1 Å². The Hall–Kier alpha value is -1.75. The quantitative estimate of drug-likeness (QED) is 0.645. The highest BCUT2D eigenvalue weighted by atomic mass is 14.6. The first-order chi connectivity index (χ1) is 6.33. The molecular weight excluding hydrogens is 160 g/mol. The van der Waals surface area contributed by atoms with Crippen LogP contribution in [0.5, 0.6) is 0 Å². The summed E-state index contributed by atoms with van der Waals surface area (Å²) in [5.74, 6) is 0. The van der Waals surface area contributed by atoms with Crippen LogP contribution < -0.4 is 5.73 Å². The maximum Gasteiger partial charge on any atom is 0.102 e. The van der Waals surface area contributed by atoms with Gasteiger partial charge in [-0.2, -0.15) is 5.26 Å². The van der Waals surface area contributed by atoms with Gasteiger partial charge in [0, 0.05) is 5.70 Å². The molecule has 13 heavy (non-hydrogen) atoms. The molecule has 0 amide bonds. The lowest BCUT2D eigenvalue weighted by Gasteiger charge is -2.16. The normalized spacial score (nSPS) is 15.0. The van der Waals surface area contributed by atoms with E-state index in [-0.39, 0.29) is 0 Å². The molecule has 1 aromatic rings. The second kappa shape index (κ2) is 2.95. The Morgan fingerprint density at radius 1 is 1.23 bits per heavy atom. The maximum absolute atomic E-state index is 8.92. The molecule has 0 fully saturated rings. The molecule has 0 heterocycles. The van der Waals surface area contributed by atoms with Crippen molar-refractivity contribution in [2.45, 2.75) is 12.8 Å². The molecule has 2 rings (SSSR count). The number of benzene rings is 1. The summed E-state index contributed by atoms with van der Waals surface area (Å²) in [5, 5.41) is 8.92. The standard InChI is InChI=1S/C11H10N2/c12-7-10-9-4-2-1-3-8(9)5-6-11(10)13/h1-4H,5-6,13H2. The average molecular weight is 170 g/mol. The summed E-state index contributed by atoms with van der Waals surface area (Å²) < 4.78 is 0. The molecular formula is C11H10N2. The number of nitrogens with zero attached hydrogens (tertiary/aromatic N) is 1. The third kappa shape index (κ3) is 1.19.